The van der Waals surface area contributed by atoms with Gasteiger partial charge in [0.2, 0.25) is 0 Å². The molecule has 0 N–H and O–H groups in total. The minimum absolute atomic E-state index is 0.311. The summed E-state index contributed by atoms with van der Waals surface area (Å²) in [6, 6.07) is 6.55. The molecule has 2 rings (SSSR count). The van der Waals surface area contributed by atoms with Gasteiger partial charge in [-0.3, -0.25) is 9.69 Å². The molecule has 2 heteroatoms. The van der Waals surface area contributed by atoms with E-state index >= 15 is 0 Å². The van der Waals surface area contributed by atoms with Crippen molar-refractivity contribution in [2.45, 2.75) is 52.6 Å². The third-order valence-electron chi connectivity index (χ3n) is 4.17. The van der Waals surface area contributed by atoms with Gasteiger partial charge in [-0.25, -0.2) is 0 Å². The summed E-state index contributed by atoms with van der Waals surface area (Å²) in [5.41, 5.74) is 3.64. The lowest BCUT2D eigenvalue weighted by atomic mass is 9.88. The van der Waals surface area contributed by atoms with Crippen LogP contribution < -0.4 is 0 Å². The first kappa shape index (κ1) is 13.3. The van der Waals surface area contributed by atoms with E-state index in [0.717, 1.165) is 25.9 Å². The van der Waals surface area contributed by atoms with Crippen molar-refractivity contribution in [1.82, 2.24) is 4.90 Å². The molecule has 0 aromatic heterocycles. The van der Waals surface area contributed by atoms with Crippen LogP contribution in [0.5, 0.6) is 0 Å². The topological polar surface area (TPSA) is 20.3 Å². The third kappa shape index (κ3) is 2.49. The van der Waals surface area contributed by atoms with Crippen LogP contribution in [0.2, 0.25) is 0 Å². The minimum atomic E-state index is -0.311. The fraction of sp³-hybridized carbons (Fsp3) is 0.562. The predicted molar refractivity (Wildman–Crippen MR) is 74.6 cm³/mol. The maximum Gasteiger partial charge on any atom is 0.152 e. The molecule has 0 bridgehead atoms. The molecule has 1 fully saturated rings. The molecule has 18 heavy (non-hydrogen) atoms. The van der Waals surface area contributed by atoms with Gasteiger partial charge in [-0.05, 0) is 51.8 Å². The second-order valence-electron chi connectivity index (χ2n) is 5.94. The van der Waals surface area contributed by atoms with Crippen molar-refractivity contribution in [3.8, 4) is 0 Å². The van der Waals surface area contributed by atoms with Gasteiger partial charge in [0.15, 0.2) is 5.78 Å². The average Bonchev–Trinajstić information content (AvgIpc) is 2.30. The zero-order valence-corrected chi connectivity index (χ0v) is 11.9. The summed E-state index contributed by atoms with van der Waals surface area (Å²) >= 11 is 0. The maximum absolute atomic E-state index is 12.0. The van der Waals surface area contributed by atoms with Crippen molar-refractivity contribution in [1.29, 1.82) is 0 Å². The molecule has 1 aliphatic heterocycles. The highest BCUT2D eigenvalue weighted by atomic mass is 16.1. The third-order valence-corrected chi connectivity index (χ3v) is 4.17. The summed E-state index contributed by atoms with van der Waals surface area (Å²) in [5, 5.41) is 0. The highest BCUT2D eigenvalue weighted by Gasteiger charge is 2.36. The van der Waals surface area contributed by atoms with Crippen LogP contribution in [0.3, 0.4) is 0 Å². The van der Waals surface area contributed by atoms with Crippen molar-refractivity contribution < 1.29 is 4.79 Å². The second kappa shape index (κ2) is 4.85. The molecule has 1 aromatic carbocycles. The Hall–Kier alpha value is -1.15. The number of aryl methyl sites for hydroxylation is 2. The number of Topliss-reactive ketones (excluding diaryl/α,β-unsaturated/α-hetero) is 1. The molecule has 0 atom stereocenters. The van der Waals surface area contributed by atoms with Gasteiger partial charge < -0.3 is 0 Å². The smallest absolute Gasteiger partial charge is 0.152 e. The van der Waals surface area contributed by atoms with Crippen LogP contribution in [-0.2, 0) is 11.3 Å². The largest absolute Gasteiger partial charge is 0.298 e. The number of hydrogen-bond donors (Lipinski definition) is 0. The molecule has 1 saturated heterocycles. The van der Waals surface area contributed by atoms with Gasteiger partial charge in [0, 0.05) is 13.0 Å². The van der Waals surface area contributed by atoms with Crippen LogP contribution in [0, 0.1) is 13.8 Å². The SMILES string of the molecule is Cc1ccc(C)c(CN2CCCC(=O)C2(C)C)c1. The van der Waals surface area contributed by atoms with Gasteiger partial charge in [-0.1, -0.05) is 23.8 Å². The van der Waals surface area contributed by atoms with Crippen molar-refractivity contribution in [3.05, 3.63) is 34.9 Å². The Morgan fingerprint density at radius 2 is 2.00 bits per heavy atom. The molecule has 0 radical (unpaired) electrons. The molecule has 2 nitrogen and oxygen atoms in total. The normalized spacial score (nSPS) is 20.1. The Morgan fingerprint density at radius 1 is 1.28 bits per heavy atom. The van der Waals surface area contributed by atoms with E-state index in [0.29, 0.717) is 5.78 Å². The van der Waals surface area contributed by atoms with Crippen LogP contribution in [0.25, 0.3) is 0 Å². The summed E-state index contributed by atoms with van der Waals surface area (Å²) in [6.07, 6.45) is 1.73. The summed E-state index contributed by atoms with van der Waals surface area (Å²) in [5.74, 6) is 0.374. The lowest BCUT2D eigenvalue weighted by molar-refractivity contribution is -0.133. The van der Waals surface area contributed by atoms with Gasteiger partial charge in [0.25, 0.3) is 0 Å². The fourth-order valence-electron chi connectivity index (χ4n) is 2.65. The van der Waals surface area contributed by atoms with Crippen molar-refractivity contribution in [2.75, 3.05) is 6.54 Å². The molecule has 0 saturated carbocycles. The number of piperidine rings is 1. The van der Waals surface area contributed by atoms with Crippen molar-refractivity contribution >= 4 is 5.78 Å². The van der Waals surface area contributed by atoms with E-state index in [4.69, 9.17) is 0 Å². The van der Waals surface area contributed by atoms with E-state index in [1.807, 2.05) is 0 Å². The van der Waals surface area contributed by atoms with Crippen LogP contribution in [0.1, 0.15) is 43.4 Å². The quantitative estimate of drug-likeness (QED) is 0.797. The summed E-state index contributed by atoms with van der Waals surface area (Å²) in [7, 11) is 0. The number of nitrogens with zero attached hydrogens (tertiary/aromatic N) is 1. The number of ketones is 1. The lowest BCUT2D eigenvalue weighted by Crippen LogP contribution is -2.53. The Morgan fingerprint density at radius 3 is 2.72 bits per heavy atom. The van der Waals surface area contributed by atoms with Crippen LogP contribution in [-0.4, -0.2) is 22.8 Å². The lowest BCUT2D eigenvalue weighted by Gasteiger charge is -2.41. The van der Waals surface area contributed by atoms with Gasteiger partial charge in [0.1, 0.15) is 0 Å². The van der Waals surface area contributed by atoms with E-state index in [1.165, 1.54) is 16.7 Å². The molecule has 0 amide bonds. The van der Waals surface area contributed by atoms with E-state index in [1.54, 1.807) is 0 Å². The Bertz CT molecular complexity index is 462. The number of carbonyl (C=O) groups excluding carboxylic acids is 1. The average molecular weight is 245 g/mol. The van der Waals surface area contributed by atoms with Crippen molar-refractivity contribution in [3.63, 3.8) is 0 Å². The van der Waals surface area contributed by atoms with Crippen molar-refractivity contribution in [2.24, 2.45) is 0 Å². The molecular formula is C16H23NO. The first-order valence-electron chi connectivity index (χ1n) is 6.76. The highest BCUT2D eigenvalue weighted by molar-refractivity contribution is 5.88. The van der Waals surface area contributed by atoms with Gasteiger partial charge in [0.05, 0.1) is 5.54 Å². The van der Waals surface area contributed by atoms with Crippen LogP contribution in [0.4, 0.5) is 0 Å². The van der Waals surface area contributed by atoms with Crippen LogP contribution >= 0.6 is 0 Å². The van der Waals surface area contributed by atoms with Gasteiger partial charge in [-0.2, -0.15) is 0 Å². The molecule has 0 unspecified atom stereocenters. The number of benzene rings is 1. The van der Waals surface area contributed by atoms with E-state index in [9.17, 15) is 4.79 Å². The molecule has 0 spiro atoms. The zero-order chi connectivity index (χ0) is 13.3. The van der Waals surface area contributed by atoms with E-state index < -0.39 is 0 Å². The molecule has 98 valence electrons. The molecule has 0 aliphatic carbocycles. The standard InChI is InChI=1S/C16H23NO/c1-12-7-8-13(2)14(10-12)11-17-9-5-6-15(18)16(17,3)4/h7-8,10H,5-6,9,11H2,1-4H3. The molecular weight excluding hydrogens is 222 g/mol. The predicted octanol–water partition coefficient (Wildman–Crippen LogP) is 3.25. The van der Waals surface area contributed by atoms with E-state index in [-0.39, 0.29) is 5.54 Å². The fourth-order valence-corrected chi connectivity index (χ4v) is 2.65. The number of hydrogen-bond acceptors (Lipinski definition) is 2. The molecule has 1 aromatic rings. The zero-order valence-electron chi connectivity index (χ0n) is 11.9. The van der Waals surface area contributed by atoms with E-state index in [2.05, 4.69) is 50.8 Å². The van der Waals surface area contributed by atoms with Crippen LogP contribution in [0.15, 0.2) is 18.2 Å². The minimum Gasteiger partial charge on any atom is -0.298 e. The number of rotatable bonds is 2. The summed E-state index contributed by atoms with van der Waals surface area (Å²) in [6.45, 7) is 10.3. The Labute approximate surface area is 110 Å². The van der Waals surface area contributed by atoms with Gasteiger partial charge in [-0.15, -0.1) is 0 Å². The maximum atomic E-state index is 12.0. The Kier molecular flexibility index (Phi) is 3.58. The molecule has 1 heterocycles. The number of carbonyl (C=O) groups is 1. The van der Waals surface area contributed by atoms with Gasteiger partial charge >= 0.3 is 0 Å². The second-order valence-corrected chi connectivity index (χ2v) is 5.94. The highest BCUT2D eigenvalue weighted by Crippen LogP contribution is 2.27. The Balaban J connectivity index is 2.22. The first-order valence-corrected chi connectivity index (χ1v) is 6.76. The first-order chi connectivity index (χ1) is 8.41. The molecule has 1 aliphatic rings. The summed E-state index contributed by atoms with van der Waals surface area (Å²) in [4.78, 5) is 14.3. The summed E-state index contributed by atoms with van der Waals surface area (Å²) < 4.78 is 0. The monoisotopic (exact) mass is 245 g/mol. The number of likely N-dealkylation sites (tertiary alicyclic amines) is 1.